The van der Waals surface area contributed by atoms with Gasteiger partial charge in [-0.05, 0) is 37.1 Å². The maximum atomic E-state index is 12.0. The average Bonchev–Trinajstić information content (AvgIpc) is 2.39. The molecule has 0 atom stereocenters. The summed E-state index contributed by atoms with van der Waals surface area (Å²) in [6.45, 7) is 3.69. The van der Waals surface area contributed by atoms with Gasteiger partial charge in [-0.1, -0.05) is 11.6 Å². The van der Waals surface area contributed by atoms with Gasteiger partial charge in [0, 0.05) is 24.9 Å². The first-order chi connectivity index (χ1) is 9.38. The Hall–Kier alpha value is -1.88. The number of carbonyl (C=O) groups excluding carboxylic acids is 2. The van der Waals surface area contributed by atoms with E-state index in [0.29, 0.717) is 17.2 Å². The fraction of sp³-hybridized carbons (Fsp3) is 0.357. The summed E-state index contributed by atoms with van der Waals surface area (Å²) in [5.41, 5.74) is 1.93. The molecule has 106 valence electrons. The third kappa shape index (κ3) is 2.99. The van der Waals surface area contributed by atoms with Gasteiger partial charge in [0.15, 0.2) is 0 Å². The van der Waals surface area contributed by atoms with Gasteiger partial charge in [0.2, 0.25) is 5.91 Å². The summed E-state index contributed by atoms with van der Waals surface area (Å²) in [7, 11) is 1.52. The summed E-state index contributed by atoms with van der Waals surface area (Å²) in [6.07, 6.45) is 0.566. The van der Waals surface area contributed by atoms with Crippen LogP contribution in [0.2, 0.25) is 5.02 Å². The minimum atomic E-state index is -0.537. The number of amides is 1. The minimum Gasteiger partial charge on any atom is -0.422 e. The van der Waals surface area contributed by atoms with Gasteiger partial charge in [0.05, 0.1) is 0 Å². The van der Waals surface area contributed by atoms with Crippen LogP contribution in [0, 0.1) is 13.8 Å². The highest BCUT2D eigenvalue weighted by molar-refractivity contribution is 6.37. The third-order valence-electron chi connectivity index (χ3n) is 3.06. The summed E-state index contributed by atoms with van der Waals surface area (Å²) in [6, 6.07) is 3.40. The lowest BCUT2D eigenvalue weighted by atomic mass is 10.1. The molecular formula is C14H15ClN2O3. The molecule has 1 aromatic carbocycles. The Morgan fingerprint density at radius 1 is 1.30 bits per heavy atom. The van der Waals surface area contributed by atoms with Crippen LogP contribution in [0.5, 0.6) is 5.75 Å². The molecule has 0 bridgehead atoms. The minimum absolute atomic E-state index is 0.111. The topological polar surface area (TPSA) is 59.0 Å². The average molecular weight is 295 g/mol. The fourth-order valence-electron chi connectivity index (χ4n) is 1.95. The number of hydrogen-bond acceptors (Lipinski definition) is 4. The van der Waals surface area contributed by atoms with Crippen molar-refractivity contribution in [1.82, 2.24) is 5.01 Å². The van der Waals surface area contributed by atoms with Crippen LogP contribution in [0.25, 0.3) is 0 Å². The van der Waals surface area contributed by atoms with E-state index in [1.54, 1.807) is 12.1 Å². The molecule has 5 nitrogen and oxygen atoms in total. The fourth-order valence-corrected chi connectivity index (χ4v) is 2.06. The molecule has 0 aliphatic carbocycles. The van der Waals surface area contributed by atoms with E-state index in [1.165, 1.54) is 12.1 Å². The van der Waals surface area contributed by atoms with Gasteiger partial charge in [0.1, 0.15) is 11.5 Å². The van der Waals surface area contributed by atoms with Gasteiger partial charge in [-0.3, -0.25) is 4.79 Å². The van der Waals surface area contributed by atoms with E-state index in [0.717, 1.165) is 11.1 Å². The number of hydrogen-bond donors (Lipinski definition) is 0. The van der Waals surface area contributed by atoms with Crippen molar-refractivity contribution in [2.24, 2.45) is 5.10 Å². The monoisotopic (exact) mass is 294 g/mol. The molecule has 0 saturated heterocycles. The zero-order chi connectivity index (χ0) is 14.9. The van der Waals surface area contributed by atoms with Crippen molar-refractivity contribution >= 4 is 29.2 Å². The molecule has 1 amide bonds. The summed E-state index contributed by atoms with van der Waals surface area (Å²) in [4.78, 5) is 23.3. The Kier molecular flexibility index (Phi) is 4.09. The quantitative estimate of drug-likeness (QED) is 0.622. The van der Waals surface area contributed by atoms with Crippen LogP contribution in [0.3, 0.4) is 0 Å². The molecule has 0 fully saturated rings. The Labute approximate surface area is 122 Å². The van der Waals surface area contributed by atoms with E-state index in [9.17, 15) is 9.59 Å². The maximum Gasteiger partial charge on any atom is 0.359 e. The number of nitrogens with zero attached hydrogens (tertiary/aromatic N) is 2. The van der Waals surface area contributed by atoms with Crippen molar-refractivity contribution in [2.45, 2.75) is 26.7 Å². The van der Waals surface area contributed by atoms with E-state index in [2.05, 4.69) is 5.10 Å². The van der Waals surface area contributed by atoms with Gasteiger partial charge in [-0.15, -0.1) is 0 Å². The van der Waals surface area contributed by atoms with Gasteiger partial charge < -0.3 is 4.74 Å². The molecule has 0 aromatic heterocycles. The standard InChI is InChI=1S/C14H15ClN2O3/c1-8-6-10(7-9(2)13(8)15)20-14(19)11-4-5-12(18)17(3)16-11/h6-7H,4-5H2,1-3H3. The second-order valence-corrected chi connectivity index (χ2v) is 5.10. The first kappa shape index (κ1) is 14.5. The zero-order valence-electron chi connectivity index (χ0n) is 11.6. The number of esters is 1. The molecular weight excluding hydrogens is 280 g/mol. The van der Waals surface area contributed by atoms with Crippen LogP contribution in [-0.4, -0.2) is 29.6 Å². The number of benzene rings is 1. The van der Waals surface area contributed by atoms with Crippen molar-refractivity contribution in [3.05, 3.63) is 28.3 Å². The molecule has 6 heteroatoms. The highest BCUT2D eigenvalue weighted by Crippen LogP contribution is 2.26. The highest BCUT2D eigenvalue weighted by Gasteiger charge is 2.23. The van der Waals surface area contributed by atoms with E-state index < -0.39 is 5.97 Å². The van der Waals surface area contributed by atoms with Crippen LogP contribution >= 0.6 is 11.6 Å². The number of rotatable bonds is 2. The van der Waals surface area contributed by atoms with Crippen molar-refractivity contribution < 1.29 is 14.3 Å². The number of halogens is 1. The number of hydrazone groups is 1. The molecule has 0 saturated carbocycles. The number of aryl methyl sites for hydroxylation is 2. The molecule has 1 aromatic rings. The van der Waals surface area contributed by atoms with Gasteiger partial charge in [-0.2, -0.15) is 5.10 Å². The third-order valence-corrected chi connectivity index (χ3v) is 3.66. The second kappa shape index (κ2) is 5.63. The van der Waals surface area contributed by atoms with E-state index in [4.69, 9.17) is 16.3 Å². The summed E-state index contributed by atoms with van der Waals surface area (Å²) in [5.74, 6) is -0.221. The molecule has 1 aliphatic rings. The highest BCUT2D eigenvalue weighted by atomic mass is 35.5. The number of carbonyl (C=O) groups is 2. The molecule has 0 radical (unpaired) electrons. The normalized spacial score (nSPS) is 15.1. The summed E-state index contributed by atoms with van der Waals surface area (Å²) < 4.78 is 5.29. The van der Waals surface area contributed by atoms with Crippen LogP contribution in [-0.2, 0) is 9.59 Å². The Morgan fingerprint density at radius 2 is 1.90 bits per heavy atom. The first-order valence-corrected chi connectivity index (χ1v) is 6.59. The van der Waals surface area contributed by atoms with E-state index in [1.807, 2.05) is 13.8 Å². The van der Waals surface area contributed by atoms with Gasteiger partial charge in [-0.25, -0.2) is 9.80 Å². The lowest BCUT2D eigenvalue weighted by molar-refractivity contribution is -0.131. The largest absolute Gasteiger partial charge is 0.422 e. The Morgan fingerprint density at radius 3 is 2.45 bits per heavy atom. The van der Waals surface area contributed by atoms with Crippen molar-refractivity contribution in [3.8, 4) is 5.75 Å². The summed E-state index contributed by atoms with van der Waals surface area (Å²) in [5, 5.41) is 5.74. The Balaban J connectivity index is 2.16. The lowest BCUT2D eigenvalue weighted by Gasteiger charge is -2.18. The van der Waals surface area contributed by atoms with E-state index in [-0.39, 0.29) is 18.0 Å². The van der Waals surface area contributed by atoms with Gasteiger partial charge in [0.25, 0.3) is 0 Å². The van der Waals surface area contributed by atoms with Crippen molar-refractivity contribution in [3.63, 3.8) is 0 Å². The molecule has 2 rings (SSSR count). The van der Waals surface area contributed by atoms with Crippen molar-refractivity contribution in [1.29, 1.82) is 0 Å². The van der Waals surface area contributed by atoms with Crippen LogP contribution in [0.1, 0.15) is 24.0 Å². The van der Waals surface area contributed by atoms with Crippen molar-refractivity contribution in [2.75, 3.05) is 7.05 Å². The Bertz CT molecular complexity index is 587. The molecule has 0 N–H and O–H groups in total. The zero-order valence-corrected chi connectivity index (χ0v) is 12.3. The maximum absolute atomic E-state index is 12.0. The van der Waals surface area contributed by atoms with Crippen LogP contribution < -0.4 is 4.74 Å². The summed E-state index contributed by atoms with van der Waals surface area (Å²) >= 11 is 6.06. The second-order valence-electron chi connectivity index (χ2n) is 4.72. The molecule has 20 heavy (non-hydrogen) atoms. The van der Waals surface area contributed by atoms with Gasteiger partial charge >= 0.3 is 5.97 Å². The molecule has 0 spiro atoms. The lowest BCUT2D eigenvalue weighted by Crippen LogP contribution is -2.33. The predicted octanol–water partition coefficient (Wildman–Crippen LogP) is 2.47. The van der Waals surface area contributed by atoms with Crippen LogP contribution in [0.15, 0.2) is 17.2 Å². The first-order valence-electron chi connectivity index (χ1n) is 6.21. The SMILES string of the molecule is Cc1cc(OC(=O)C2=NN(C)C(=O)CC2)cc(C)c1Cl. The number of ether oxygens (including phenoxy) is 1. The molecule has 1 heterocycles. The van der Waals surface area contributed by atoms with E-state index >= 15 is 0 Å². The smallest absolute Gasteiger partial charge is 0.359 e. The molecule has 0 unspecified atom stereocenters. The van der Waals surface area contributed by atoms with Crippen LogP contribution in [0.4, 0.5) is 0 Å². The predicted molar refractivity (Wildman–Crippen MR) is 76.0 cm³/mol. The molecule has 1 aliphatic heterocycles.